The van der Waals surface area contributed by atoms with E-state index in [1.165, 1.54) is 12.4 Å². The van der Waals surface area contributed by atoms with Crippen molar-refractivity contribution in [3.63, 3.8) is 0 Å². The molecule has 1 heterocycles. The van der Waals surface area contributed by atoms with Gasteiger partial charge in [0.25, 0.3) is 5.69 Å². The normalized spacial score (nSPS) is 10.4. The Morgan fingerprint density at radius 2 is 2.24 bits per heavy atom. The topological polar surface area (TPSA) is 123 Å². The lowest BCUT2D eigenvalue weighted by atomic mass is 10.1. The second-order valence-electron chi connectivity index (χ2n) is 4.44. The summed E-state index contributed by atoms with van der Waals surface area (Å²) in [5.41, 5.74) is 0.361. The van der Waals surface area contributed by atoms with Crippen LogP contribution in [0.1, 0.15) is 21.7 Å². The molecule has 0 radical (unpaired) electrons. The molecule has 2 N–H and O–H groups in total. The molecule has 1 aromatic heterocycles. The first-order valence-corrected chi connectivity index (χ1v) is 5.99. The monoisotopic (exact) mass is 291 g/mol. The maximum Gasteiger partial charge on any atom is 0.336 e. The van der Waals surface area contributed by atoms with E-state index >= 15 is 0 Å². The summed E-state index contributed by atoms with van der Waals surface area (Å²) in [6.07, 6.45) is 1.53. The molecule has 21 heavy (non-hydrogen) atoms. The van der Waals surface area contributed by atoms with E-state index in [2.05, 4.69) is 15.5 Å². The maximum absolute atomic E-state index is 11.0. The minimum Gasteiger partial charge on any atom is -0.478 e. The lowest BCUT2D eigenvalue weighted by molar-refractivity contribution is -0.385. The van der Waals surface area contributed by atoms with Gasteiger partial charge < -0.3 is 15.0 Å². The number of hydrogen-bond donors (Lipinski definition) is 2. The molecule has 0 saturated carbocycles. The van der Waals surface area contributed by atoms with Gasteiger partial charge in [0.2, 0.25) is 0 Å². The summed E-state index contributed by atoms with van der Waals surface area (Å²) >= 11 is 0. The molecule has 0 unspecified atom stereocenters. The molecule has 0 bridgehead atoms. The van der Waals surface area contributed by atoms with Gasteiger partial charge in [-0.1, -0.05) is 0 Å². The fourth-order valence-electron chi connectivity index (χ4n) is 1.84. The van der Waals surface area contributed by atoms with Gasteiger partial charge in [0.1, 0.15) is 6.33 Å². The summed E-state index contributed by atoms with van der Waals surface area (Å²) < 4.78 is 1.69. The Labute approximate surface area is 119 Å². The van der Waals surface area contributed by atoms with Crippen LogP contribution in [-0.4, -0.2) is 30.8 Å². The van der Waals surface area contributed by atoms with Crippen molar-refractivity contribution in [3.8, 4) is 0 Å². The van der Waals surface area contributed by atoms with E-state index in [-0.39, 0.29) is 17.8 Å². The van der Waals surface area contributed by atoms with Crippen LogP contribution in [0.2, 0.25) is 0 Å². The third-order valence-electron chi connectivity index (χ3n) is 3.07. The Kier molecular flexibility index (Phi) is 3.83. The molecule has 9 heteroatoms. The molecule has 0 amide bonds. The van der Waals surface area contributed by atoms with Crippen molar-refractivity contribution in [1.82, 2.24) is 14.8 Å². The van der Waals surface area contributed by atoms with Gasteiger partial charge in [0.05, 0.1) is 17.0 Å². The maximum atomic E-state index is 11.0. The van der Waals surface area contributed by atoms with Crippen molar-refractivity contribution in [1.29, 1.82) is 0 Å². The number of carbonyl (C=O) groups is 1. The van der Waals surface area contributed by atoms with Crippen molar-refractivity contribution in [3.05, 3.63) is 45.5 Å². The van der Waals surface area contributed by atoms with Crippen molar-refractivity contribution in [2.45, 2.75) is 13.5 Å². The molecule has 2 rings (SSSR count). The van der Waals surface area contributed by atoms with Gasteiger partial charge in [-0.3, -0.25) is 10.1 Å². The molecule has 0 aliphatic heterocycles. The van der Waals surface area contributed by atoms with Gasteiger partial charge in [-0.05, 0) is 13.0 Å². The number of aromatic nitrogens is 3. The number of aryl methyl sites for hydroxylation is 1. The van der Waals surface area contributed by atoms with E-state index in [9.17, 15) is 14.9 Å². The number of anilines is 1. The van der Waals surface area contributed by atoms with Crippen LogP contribution in [0.5, 0.6) is 0 Å². The molecule has 0 spiro atoms. The van der Waals surface area contributed by atoms with Gasteiger partial charge in [0, 0.05) is 24.4 Å². The van der Waals surface area contributed by atoms with E-state index in [1.54, 1.807) is 18.5 Å². The highest BCUT2D eigenvalue weighted by molar-refractivity contribution is 5.90. The SMILES string of the molecule is Cc1c(NCc2nncn2C)cc(C(=O)O)cc1[N+](=O)[O-]. The highest BCUT2D eigenvalue weighted by Crippen LogP contribution is 2.28. The molecule has 110 valence electrons. The number of nitrogens with zero attached hydrogens (tertiary/aromatic N) is 4. The minimum absolute atomic E-state index is 0.146. The molecule has 0 aliphatic rings. The van der Waals surface area contributed by atoms with E-state index in [0.717, 1.165) is 6.07 Å². The molecule has 9 nitrogen and oxygen atoms in total. The summed E-state index contributed by atoms with van der Waals surface area (Å²) in [6, 6.07) is 2.41. The lowest BCUT2D eigenvalue weighted by Crippen LogP contribution is -2.09. The van der Waals surface area contributed by atoms with E-state index in [0.29, 0.717) is 17.1 Å². The Bertz CT molecular complexity index is 710. The smallest absolute Gasteiger partial charge is 0.336 e. The molecular weight excluding hydrogens is 278 g/mol. The fraction of sp³-hybridized carbons (Fsp3) is 0.250. The number of benzene rings is 1. The fourth-order valence-corrected chi connectivity index (χ4v) is 1.84. The van der Waals surface area contributed by atoms with Crippen molar-refractivity contribution in [2.75, 3.05) is 5.32 Å². The van der Waals surface area contributed by atoms with Gasteiger partial charge in [-0.25, -0.2) is 4.79 Å². The lowest BCUT2D eigenvalue weighted by Gasteiger charge is -2.10. The van der Waals surface area contributed by atoms with Crippen LogP contribution in [0.25, 0.3) is 0 Å². The second kappa shape index (κ2) is 5.57. The summed E-state index contributed by atoms with van der Waals surface area (Å²) in [5.74, 6) is -0.599. The highest BCUT2D eigenvalue weighted by atomic mass is 16.6. The summed E-state index contributed by atoms with van der Waals surface area (Å²) in [4.78, 5) is 21.4. The number of nitrogens with one attached hydrogen (secondary N) is 1. The second-order valence-corrected chi connectivity index (χ2v) is 4.44. The average molecular weight is 291 g/mol. The van der Waals surface area contributed by atoms with Crippen LogP contribution in [0, 0.1) is 17.0 Å². The summed E-state index contributed by atoms with van der Waals surface area (Å²) in [7, 11) is 1.76. The van der Waals surface area contributed by atoms with Gasteiger partial charge in [-0.2, -0.15) is 0 Å². The molecular formula is C12H13N5O4. The van der Waals surface area contributed by atoms with Crippen molar-refractivity contribution >= 4 is 17.3 Å². The van der Waals surface area contributed by atoms with Crippen LogP contribution < -0.4 is 5.32 Å². The quantitative estimate of drug-likeness (QED) is 0.629. The van der Waals surface area contributed by atoms with Crippen LogP contribution in [0.15, 0.2) is 18.5 Å². The van der Waals surface area contributed by atoms with Crippen LogP contribution in [0.3, 0.4) is 0 Å². The number of rotatable bonds is 5. The number of hydrogen-bond acceptors (Lipinski definition) is 6. The molecule has 2 aromatic rings. The molecule has 0 aliphatic carbocycles. The highest BCUT2D eigenvalue weighted by Gasteiger charge is 2.19. The number of aromatic carboxylic acids is 1. The summed E-state index contributed by atoms with van der Waals surface area (Å²) in [5, 5.41) is 30.6. The zero-order chi connectivity index (χ0) is 15.6. The molecule has 0 saturated heterocycles. The molecule has 0 atom stereocenters. The Balaban J connectivity index is 2.35. The Hall–Kier alpha value is -2.97. The van der Waals surface area contributed by atoms with Crippen LogP contribution >= 0.6 is 0 Å². The van der Waals surface area contributed by atoms with Crippen molar-refractivity contribution < 1.29 is 14.8 Å². The van der Waals surface area contributed by atoms with Crippen LogP contribution in [0.4, 0.5) is 11.4 Å². The zero-order valence-electron chi connectivity index (χ0n) is 11.4. The van der Waals surface area contributed by atoms with Gasteiger partial charge in [-0.15, -0.1) is 10.2 Å². The number of nitro groups is 1. The first kappa shape index (κ1) is 14.4. The predicted molar refractivity (Wildman–Crippen MR) is 73.1 cm³/mol. The minimum atomic E-state index is -1.22. The number of carboxylic acid groups (broad SMARTS) is 1. The van der Waals surface area contributed by atoms with E-state index < -0.39 is 10.9 Å². The predicted octanol–water partition coefficient (Wildman–Crippen LogP) is 1.34. The van der Waals surface area contributed by atoms with Gasteiger partial charge >= 0.3 is 5.97 Å². The van der Waals surface area contributed by atoms with E-state index in [1.807, 2.05) is 0 Å². The third-order valence-corrected chi connectivity index (χ3v) is 3.07. The zero-order valence-corrected chi connectivity index (χ0v) is 11.4. The standard InChI is InChI=1S/C12H13N5O4/c1-7-9(13-5-11-15-14-6-16(11)2)3-8(12(18)19)4-10(7)17(20)21/h3-4,6,13H,5H2,1-2H3,(H,18,19). The first-order chi connectivity index (χ1) is 9.90. The van der Waals surface area contributed by atoms with Crippen LogP contribution in [-0.2, 0) is 13.6 Å². The molecule has 0 fully saturated rings. The largest absolute Gasteiger partial charge is 0.478 e. The Morgan fingerprint density at radius 1 is 1.52 bits per heavy atom. The average Bonchev–Trinajstić information content (AvgIpc) is 2.82. The number of nitro benzene ring substituents is 1. The van der Waals surface area contributed by atoms with Gasteiger partial charge in [0.15, 0.2) is 5.82 Å². The molecule has 1 aromatic carbocycles. The number of carboxylic acids is 1. The van der Waals surface area contributed by atoms with Crippen molar-refractivity contribution in [2.24, 2.45) is 7.05 Å². The first-order valence-electron chi connectivity index (χ1n) is 5.99. The third kappa shape index (κ3) is 2.96. The summed E-state index contributed by atoms with van der Waals surface area (Å²) in [6.45, 7) is 1.83. The Morgan fingerprint density at radius 3 is 2.76 bits per heavy atom. The van der Waals surface area contributed by atoms with E-state index in [4.69, 9.17) is 5.11 Å².